The van der Waals surface area contributed by atoms with Crippen LogP contribution in [0.1, 0.15) is 62.8 Å². The molecule has 1 aliphatic carbocycles. The van der Waals surface area contributed by atoms with E-state index >= 15 is 0 Å². The van der Waals surface area contributed by atoms with Crippen LogP contribution in [0.5, 0.6) is 0 Å². The minimum absolute atomic E-state index is 0.0285. The summed E-state index contributed by atoms with van der Waals surface area (Å²) in [6.07, 6.45) is -1.56. The third-order valence-corrected chi connectivity index (χ3v) is 7.67. The van der Waals surface area contributed by atoms with Crippen molar-refractivity contribution in [3.8, 4) is 11.1 Å². The van der Waals surface area contributed by atoms with Gasteiger partial charge in [-0.05, 0) is 82.0 Å². The van der Waals surface area contributed by atoms with Crippen molar-refractivity contribution in [2.24, 2.45) is 0 Å². The molecule has 0 saturated carbocycles. The highest BCUT2D eigenvalue weighted by Gasteiger charge is 2.42. The molecule has 1 N–H and O–H groups in total. The van der Waals surface area contributed by atoms with E-state index in [1.54, 1.807) is 18.2 Å². The van der Waals surface area contributed by atoms with Gasteiger partial charge in [0.15, 0.2) is 0 Å². The van der Waals surface area contributed by atoms with Crippen molar-refractivity contribution < 1.29 is 22.8 Å². The van der Waals surface area contributed by atoms with Crippen molar-refractivity contribution >= 4 is 40.6 Å². The van der Waals surface area contributed by atoms with Gasteiger partial charge in [-0.15, -0.1) is 0 Å². The zero-order valence-corrected chi connectivity index (χ0v) is 20.2. The first-order chi connectivity index (χ1) is 15.2. The molecule has 0 spiro atoms. The maximum atomic E-state index is 14.4. The number of hydrogen-bond donors (Lipinski definition) is 1. The van der Waals surface area contributed by atoms with Gasteiger partial charge in [0.1, 0.15) is 0 Å². The first kappa shape index (κ1) is 23.9. The fraction of sp³-hybridized carbons (Fsp3) is 0.360. The zero-order chi connectivity index (χ0) is 24.3. The highest BCUT2D eigenvalue weighted by atomic mass is 35.5. The number of thioether (sulfide) groups is 1. The van der Waals surface area contributed by atoms with Crippen LogP contribution >= 0.6 is 23.4 Å². The van der Waals surface area contributed by atoms with Gasteiger partial charge in [0.2, 0.25) is 0 Å². The number of amides is 2. The maximum absolute atomic E-state index is 14.4. The molecule has 33 heavy (non-hydrogen) atoms. The van der Waals surface area contributed by atoms with Crippen LogP contribution < -0.4 is 5.32 Å². The van der Waals surface area contributed by atoms with Crippen molar-refractivity contribution in [2.45, 2.75) is 57.5 Å². The van der Waals surface area contributed by atoms with Crippen LogP contribution in [0.15, 0.2) is 35.2 Å². The Labute approximate surface area is 199 Å². The quantitative estimate of drug-likeness (QED) is 0.436. The number of imide groups is 1. The summed E-state index contributed by atoms with van der Waals surface area (Å²) < 4.78 is 43.1. The number of hydrogen-bond acceptors (Lipinski definition) is 3. The molecule has 0 atom stereocenters. The first-order valence-electron chi connectivity index (χ1n) is 10.5. The molecule has 2 aromatic carbocycles. The Morgan fingerprint density at radius 1 is 1.03 bits per heavy atom. The number of rotatable bonds is 2. The maximum Gasteiger partial charge on any atom is 0.417 e. The lowest BCUT2D eigenvalue weighted by atomic mass is 9.62. The Hall–Kier alpha value is -2.25. The average Bonchev–Trinajstić information content (AvgIpc) is 3.01. The molecule has 2 aliphatic rings. The minimum Gasteiger partial charge on any atom is -0.282 e. The predicted molar refractivity (Wildman–Crippen MR) is 126 cm³/mol. The van der Waals surface area contributed by atoms with E-state index in [-0.39, 0.29) is 26.5 Å². The second kappa shape index (κ2) is 7.91. The minimum atomic E-state index is -4.61. The number of alkyl halides is 3. The predicted octanol–water partition coefficient (Wildman–Crippen LogP) is 7.70. The third kappa shape index (κ3) is 4.33. The van der Waals surface area contributed by atoms with Crippen LogP contribution in [0.25, 0.3) is 17.2 Å². The van der Waals surface area contributed by atoms with E-state index in [0.29, 0.717) is 22.9 Å². The van der Waals surface area contributed by atoms with E-state index in [4.69, 9.17) is 11.6 Å². The van der Waals surface area contributed by atoms with Gasteiger partial charge in [-0.25, -0.2) is 0 Å². The van der Waals surface area contributed by atoms with Crippen LogP contribution in [0.2, 0.25) is 5.02 Å². The number of carbonyl (C=O) groups excluding carboxylic acids is 2. The van der Waals surface area contributed by atoms with Crippen molar-refractivity contribution in [2.75, 3.05) is 0 Å². The standard InChI is InChI=1S/C25H23ClF3NO2S/c1-23(2)8-9-24(3,4)17-12-15(25(27,28)29)14(11-16(17)23)20-13(6-5-7-18(20)26)10-19-21(31)30-22(32)33-19/h5-7,10-12H,8-9H2,1-4H3,(H,30,31,32). The summed E-state index contributed by atoms with van der Waals surface area (Å²) in [4.78, 5) is 23.7. The summed E-state index contributed by atoms with van der Waals surface area (Å²) in [6.45, 7) is 8.02. The molecule has 0 radical (unpaired) electrons. The lowest BCUT2D eigenvalue weighted by Crippen LogP contribution is -2.34. The highest BCUT2D eigenvalue weighted by Crippen LogP contribution is 2.51. The monoisotopic (exact) mass is 493 g/mol. The Morgan fingerprint density at radius 3 is 2.18 bits per heavy atom. The van der Waals surface area contributed by atoms with E-state index in [9.17, 15) is 22.8 Å². The first-order valence-corrected chi connectivity index (χ1v) is 11.7. The summed E-state index contributed by atoms with van der Waals surface area (Å²) >= 11 is 7.18. The smallest absolute Gasteiger partial charge is 0.282 e. The van der Waals surface area contributed by atoms with E-state index < -0.39 is 28.3 Å². The SMILES string of the molecule is CC1(C)CCC(C)(C)c2cc(C(F)(F)F)c(-c3c(Cl)cccc3C=C3SC(=O)NC3=O)cc21. The lowest BCUT2D eigenvalue weighted by Gasteiger charge is -2.42. The van der Waals surface area contributed by atoms with Crippen molar-refractivity contribution in [3.63, 3.8) is 0 Å². The van der Waals surface area contributed by atoms with E-state index in [0.717, 1.165) is 18.4 Å². The second-order valence-electron chi connectivity index (χ2n) is 9.77. The van der Waals surface area contributed by atoms with Gasteiger partial charge in [0.05, 0.1) is 10.5 Å². The van der Waals surface area contributed by atoms with Crippen LogP contribution in [0, 0.1) is 0 Å². The Balaban J connectivity index is 2.04. The van der Waals surface area contributed by atoms with Gasteiger partial charge in [-0.2, -0.15) is 13.2 Å². The molecule has 1 fully saturated rings. The molecule has 1 aliphatic heterocycles. The molecule has 4 rings (SSSR count). The van der Waals surface area contributed by atoms with Crippen LogP contribution in [0.4, 0.5) is 18.0 Å². The Morgan fingerprint density at radius 2 is 1.64 bits per heavy atom. The normalized spacial score (nSPS) is 20.7. The number of nitrogens with one attached hydrogen (secondary N) is 1. The summed E-state index contributed by atoms with van der Waals surface area (Å²) in [5, 5.41) is 1.77. The van der Waals surface area contributed by atoms with Crippen molar-refractivity contribution in [1.29, 1.82) is 0 Å². The number of carbonyl (C=O) groups is 2. The topological polar surface area (TPSA) is 46.2 Å². The summed E-state index contributed by atoms with van der Waals surface area (Å²) in [6, 6.07) is 7.62. The highest BCUT2D eigenvalue weighted by molar-refractivity contribution is 8.18. The van der Waals surface area contributed by atoms with Crippen LogP contribution in [-0.2, 0) is 21.8 Å². The molecule has 1 saturated heterocycles. The van der Waals surface area contributed by atoms with Gasteiger partial charge in [0, 0.05) is 10.6 Å². The number of halogens is 4. The van der Waals surface area contributed by atoms with Gasteiger partial charge < -0.3 is 0 Å². The Kier molecular flexibility index (Phi) is 5.73. The lowest BCUT2D eigenvalue weighted by molar-refractivity contribution is -0.137. The van der Waals surface area contributed by atoms with Crippen molar-refractivity contribution in [3.05, 3.63) is 62.5 Å². The number of benzene rings is 2. The fourth-order valence-electron chi connectivity index (χ4n) is 4.56. The molecule has 174 valence electrons. The van der Waals surface area contributed by atoms with E-state index in [1.807, 2.05) is 27.7 Å². The third-order valence-electron chi connectivity index (χ3n) is 6.54. The molecule has 2 aromatic rings. The van der Waals surface area contributed by atoms with Crippen LogP contribution in [-0.4, -0.2) is 11.1 Å². The zero-order valence-electron chi connectivity index (χ0n) is 18.6. The molecule has 2 amide bonds. The molecule has 0 bridgehead atoms. The second-order valence-corrected chi connectivity index (χ2v) is 11.2. The van der Waals surface area contributed by atoms with E-state index in [1.165, 1.54) is 18.2 Å². The largest absolute Gasteiger partial charge is 0.417 e. The fourth-order valence-corrected chi connectivity index (χ4v) is 5.52. The van der Waals surface area contributed by atoms with Gasteiger partial charge in [-0.3, -0.25) is 14.9 Å². The molecular weight excluding hydrogens is 471 g/mol. The van der Waals surface area contributed by atoms with E-state index in [2.05, 4.69) is 5.32 Å². The van der Waals surface area contributed by atoms with Gasteiger partial charge >= 0.3 is 6.18 Å². The summed E-state index contributed by atoms with van der Waals surface area (Å²) in [5.41, 5.74) is 0.590. The number of fused-ring (bicyclic) bond motifs is 1. The molecule has 1 heterocycles. The Bertz CT molecular complexity index is 1210. The van der Waals surface area contributed by atoms with Gasteiger partial charge in [-0.1, -0.05) is 51.4 Å². The van der Waals surface area contributed by atoms with Gasteiger partial charge in [0.25, 0.3) is 11.1 Å². The van der Waals surface area contributed by atoms with Crippen LogP contribution in [0.3, 0.4) is 0 Å². The average molecular weight is 494 g/mol. The summed E-state index contributed by atoms with van der Waals surface area (Å²) in [7, 11) is 0. The van der Waals surface area contributed by atoms with Crippen molar-refractivity contribution in [1.82, 2.24) is 5.32 Å². The summed E-state index contributed by atoms with van der Waals surface area (Å²) in [5.74, 6) is -0.583. The molecule has 0 aromatic heterocycles. The molecule has 3 nitrogen and oxygen atoms in total. The molecular formula is C25H23ClF3NO2S. The molecule has 0 unspecified atom stereocenters. The molecule has 8 heteroatoms.